The molecule has 3 aromatic rings. The van der Waals surface area contributed by atoms with Crippen LogP contribution in [0.15, 0.2) is 77.4 Å². The number of carbonyl (C=O) groups is 3. The SMILES string of the molecule is COc1ccccc1N(C(=O)CNC(=O)c1ccco1)[C@@H](C(=O)NC[C@H]1CCCO1)c1ccccc1. The van der Waals surface area contributed by atoms with Crippen LogP contribution in [0.5, 0.6) is 5.75 Å². The lowest BCUT2D eigenvalue weighted by molar-refractivity contribution is -0.126. The maximum atomic E-state index is 13.7. The largest absolute Gasteiger partial charge is 0.495 e. The number of anilines is 1. The molecule has 2 aromatic carbocycles. The number of benzene rings is 2. The van der Waals surface area contributed by atoms with Crippen molar-refractivity contribution >= 4 is 23.4 Å². The van der Waals surface area contributed by atoms with Gasteiger partial charge in [-0.1, -0.05) is 42.5 Å². The first-order valence-electron chi connectivity index (χ1n) is 11.8. The Kier molecular flexibility index (Phi) is 8.36. The minimum atomic E-state index is -1.02. The molecule has 36 heavy (non-hydrogen) atoms. The highest BCUT2D eigenvalue weighted by Gasteiger charge is 2.35. The van der Waals surface area contributed by atoms with Gasteiger partial charge in [-0.3, -0.25) is 19.3 Å². The Labute approximate surface area is 209 Å². The zero-order valence-electron chi connectivity index (χ0n) is 20.0. The zero-order valence-corrected chi connectivity index (χ0v) is 20.0. The smallest absolute Gasteiger partial charge is 0.287 e. The first-order chi connectivity index (χ1) is 17.6. The molecule has 0 bridgehead atoms. The van der Waals surface area contributed by atoms with E-state index in [1.165, 1.54) is 24.3 Å². The summed E-state index contributed by atoms with van der Waals surface area (Å²) < 4.78 is 16.3. The topological polar surface area (TPSA) is 110 Å². The molecular weight excluding hydrogens is 462 g/mol. The average molecular weight is 492 g/mol. The molecule has 188 valence electrons. The molecule has 0 spiro atoms. The van der Waals surface area contributed by atoms with E-state index in [1.54, 1.807) is 54.6 Å². The molecule has 9 heteroatoms. The van der Waals surface area contributed by atoms with Crippen molar-refractivity contribution in [2.24, 2.45) is 0 Å². The predicted octanol–water partition coefficient (Wildman–Crippen LogP) is 3.09. The molecule has 1 aromatic heterocycles. The maximum absolute atomic E-state index is 13.7. The van der Waals surface area contributed by atoms with Crippen molar-refractivity contribution in [2.45, 2.75) is 25.0 Å². The molecule has 0 saturated carbocycles. The van der Waals surface area contributed by atoms with Gasteiger partial charge in [0.1, 0.15) is 11.8 Å². The summed E-state index contributed by atoms with van der Waals surface area (Å²) in [5.74, 6) is -0.905. The van der Waals surface area contributed by atoms with E-state index < -0.39 is 17.9 Å². The highest BCUT2D eigenvalue weighted by atomic mass is 16.5. The second-order valence-electron chi connectivity index (χ2n) is 8.29. The van der Waals surface area contributed by atoms with Gasteiger partial charge in [0.05, 0.1) is 31.7 Å². The van der Waals surface area contributed by atoms with Crippen LogP contribution in [0.3, 0.4) is 0 Å². The number of amides is 3. The number of hydrogen-bond donors (Lipinski definition) is 2. The molecule has 9 nitrogen and oxygen atoms in total. The monoisotopic (exact) mass is 491 g/mol. The van der Waals surface area contributed by atoms with E-state index in [0.717, 1.165) is 12.8 Å². The zero-order chi connectivity index (χ0) is 25.3. The van der Waals surface area contributed by atoms with Crippen molar-refractivity contribution < 1.29 is 28.3 Å². The number of furan rings is 1. The highest BCUT2D eigenvalue weighted by Crippen LogP contribution is 2.35. The van der Waals surface area contributed by atoms with E-state index in [4.69, 9.17) is 13.9 Å². The van der Waals surface area contributed by atoms with Crippen LogP contribution >= 0.6 is 0 Å². The number of methoxy groups -OCH3 is 1. The van der Waals surface area contributed by atoms with Crippen LogP contribution in [-0.4, -0.2) is 50.6 Å². The molecule has 0 radical (unpaired) electrons. The summed E-state index contributed by atoms with van der Waals surface area (Å²) in [7, 11) is 1.50. The van der Waals surface area contributed by atoms with Crippen LogP contribution in [0.25, 0.3) is 0 Å². The van der Waals surface area contributed by atoms with Crippen molar-refractivity contribution in [2.75, 3.05) is 31.7 Å². The van der Waals surface area contributed by atoms with Crippen molar-refractivity contribution in [3.8, 4) is 5.75 Å². The normalized spacial score (nSPS) is 15.6. The Bertz CT molecular complexity index is 1160. The van der Waals surface area contributed by atoms with Crippen LogP contribution in [0.4, 0.5) is 5.69 Å². The lowest BCUT2D eigenvalue weighted by Crippen LogP contribution is -2.48. The Balaban J connectivity index is 1.66. The molecule has 1 aliphatic heterocycles. The second-order valence-corrected chi connectivity index (χ2v) is 8.29. The predicted molar refractivity (Wildman–Crippen MR) is 133 cm³/mol. The molecule has 1 saturated heterocycles. The second kappa shape index (κ2) is 12.0. The van der Waals surface area contributed by atoms with Gasteiger partial charge in [-0.2, -0.15) is 0 Å². The Morgan fingerprint density at radius 1 is 1.03 bits per heavy atom. The van der Waals surface area contributed by atoms with Crippen molar-refractivity contribution in [1.82, 2.24) is 10.6 Å². The van der Waals surface area contributed by atoms with Crippen LogP contribution < -0.4 is 20.3 Å². The lowest BCUT2D eigenvalue weighted by atomic mass is 10.0. The van der Waals surface area contributed by atoms with Gasteiger partial charge in [0, 0.05) is 13.2 Å². The van der Waals surface area contributed by atoms with E-state index in [-0.39, 0.29) is 24.3 Å². The molecule has 2 N–H and O–H groups in total. The Morgan fingerprint density at radius 2 is 1.81 bits per heavy atom. The van der Waals surface area contributed by atoms with Crippen LogP contribution in [-0.2, 0) is 14.3 Å². The number of hydrogen-bond acceptors (Lipinski definition) is 6. The summed E-state index contributed by atoms with van der Waals surface area (Å²) in [5.41, 5.74) is 1.01. The van der Waals surface area contributed by atoms with Gasteiger partial charge in [-0.25, -0.2) is 0 Å². The number of rotatable bonds is 10. The van der Waals surface area contributed by atoms with E-state index in [0.29, 0.717) is 30.2 Å². The minimum absolute atomic E-state index is 0.0617. The summed E-state index contributed by atoms with van der Waals surface area (Å²) in [5, 5.41) is 5.53. The summed E-state index contributed by atoms with van der Waals surface area (Å²) in [6.07, 6.45) is 3.13. The van der Waals surface area contributed by atoms with Crippen molar-refractivity contribution in [3.63, 3.8) is 0 Å². The van der Waals surface area contributed by atoms with E-state index in [1.807, 2.05) is 6.07 Å². The first-order valence-corrected chi connectivity index (χ1v) is 11.8. The lowest BCUT2D eigenvalue weighted by Gasteiger charge is -2.32. The standard InChI is InChI=1S/C27H29N3O6/c1-34-22-13-6-5-12-21(22)30(24(31)18-29-26(32)23-14-8-16-36-23)25(19-9-3-2-4-10-19)27(33)28-17-20-11-7-15-35-20/h2-6,8-10,12-14,16,20,25H,7,11,15,17-18H2,1H3,(H,28,33)(H,29,32)/t20-,25-/m1/s1. The molecule has 3 amide bonds. The maximum Gasteiger partial charge on any atom is 0.287 e. The van der Waals surface area contributed by atoms with E-state index in [9.17, 15) is 14.4 Å². The molecule has 0 aliphatic carbocycles. The summed E-state index contributed by atoms with van der Waals surface area (Å²) in [6.45, 7) is 0.648. The van der Waals surface area contributed by atoms with Crippen molar-refractivity contribution in [1.29, 1.82) is 0 Å². The van der Waals surface area contributed by atoms with Gasteiger partial charge in [-0.15, -0.1) is 0 Å². The number of carbonyl (C=O) groups excluding carboxylic acids is 3. The number of nitrogens with one attached hydrogen (secondary N) is 2. The van der Waals surface area contributed by atoms with Crippen molar-refractivity contribution in [3.05, 3.63) is 84.3 Å². The summed E-state index contributed by atoms with van der Waals surface area (Å²) in [4.78, 5) is 41.1. The fourth-order valence-corrected chi connectivity index (χ4v) is 4.15. The first kappa shape index (κ1) is 25.0. The fraction of sp³-hybridized carbons (Fsp3) is 0.296. The van der Waals surface area contributed by atoms with E-state index in [2.05, 4.69) is 10.6 Å². The third kappa shape index (κ3) is 5.92. The van der Waals surface area contributed by atoms with Gasteiger partial charge in [0.2, 0.25) is 11.8 Å². The molecule has 2 heterocycles. The Morgan fingerprint density at radius 3 is 2.50 bits per heavy atom. The minimum Gasteiger partial charge on any atom is -0.495 e. The molecule has 1 fully saturated rings. The number of nitrogens with zero attached hydrogens (tertiary/aromatic N) is 1. The molecule has 1 aliphatic rings. The van der Waals surface area contributed by atoms with Crippen LogP contribution in [0.2, 0.25) is 0 Å². The summed E-state index contributed by atoms with van der Waals surface area (Å²) >= 11 is 0. The van der Waals surface area contributed by atoms with Gasteiger partial charge in [-0.05, 0) is 42.7 Å². The number of ether oxygens (including phenoxy) is 2. The van der Waals surface area contributed by atoms with Gasteiger partial charge >= 0.3 is 0 Å². The molecule has 2 atom stereocenters. The van der Waals surface area contributed by atoms with Gasteiger partial charge in [0.15, 0.2) is 5.76 Å². The van der Waals surface area contributed by atoms with Crippen LogP contribution in [0, 0.1) is 0 Å². The third-order valence-electron chi connectivity index (χ3n) is 5.91. The third-order valence-corrected chi connectivity index (χ3v) is 5.91. The quantitative estimate of drug-likeness (QED) is 0.451. The average Bonchev–Trinajstić information content (AvgIpc) is 3.64. The number of para-hydroxylation sites is 2. The van der Waals surface area contributed by atoms with Gasteiger partial charge in [0.25, 0.3) is 5.91 Å². The Hall–Kier alpha value is -4.11. The fourth-order valence-electron chi connectivity index (χ4n) is 4.15. The van der Waals surface area contributed by atoms with Gasteiger partial charge < -0.3 is 24.5 Å². The molecular formula is C27H29N3O6. The van der Waals surface area contributed by atoms with E-state index >= 15 is 0 Å². The highest BCUT2D eigenvalue weighted by molar-refractivity contribution is 6.05. The summed E-state index contributed by atoms with van der Waals surface area (Å²) in [6, 6.07) is 18.0. The molecule has 4 rings (SSSR count). The molecule has 0 unspecified atom stereocenters. The van der Waals surface area contributed by atoms with Crippen LogP contribution in [0.1, 0.15) is 35.0 Å².